The van der Waals surface area contributed by atoms with E-state index in [1.54, 1.807) is 0 Å². The molecule has 8 heteroatoms. The van der Waals surface area contributed by atoms with Crippen molar-refractivity contribution in [3.8, 4) is 11.5 Å². The van der Waals surface area contributed by atoms with Gasteiger partial charge in [-0.2, -0.15) is 0 Å². The summed E-state index contributed by atoms with van der Waals surface area (Å²) in [6, 6.07) is 2.04. The van der Waals surface area contributed by atoms with Gasteiger partial charge in [-0.15, -0.1) is 0 Å². The van der Waals surface area contributed by atoms with Crippen molar-refractivity contribution in [1.29, 1.82) is 0 Å². The molecule has 0 aliphatic carbocycles. The summed E-state index contributed by atoms with van der Waals surface area (Å²) in [5.74, 6) is -2.12. The lowest BCUT2D eigenvalue weighted by Gasteiger charge is -2.32. The van der Waals surface area contributed by atoms with Crippen molar-refractivity contribution in [2.45, 2.75) is 38.9 Å². The van der Waals surface area contributed by atoms with Crippen molar-refractivity contribution in [1.82, 2.24) is 0 Å². The molecule has 0 aromatic heterocycles. The van der Waals surface area contributed by atoms with Gasteiger partial charge in [-0.05, 0) is 51.4 Å². The zero-order chi connectivity index (χ0) is 18.3. The summed E-state index contributed by atoms with van der Waals surface area (Å²) in [5, 5.41) is 38.5. The SMILES string of the molecule is CC1(C)OB(C(=Cc2c(O)cc(C(=O)O)cc2O)CO)OC1(C)C. The van der Waals surface area contributed by atoms with E-state index in [0.29, 0.717) is 5.47 Å². The Morgan fingerprint density at radius 1 is 1.12 bits per heavy atom. The Morgan fingerprint density at radius 2 is 1.58 bits per heavy atom. The first-order valence-corrected chi connectivity index (χ1v) is 7.45. The lowest BCUT2D eigenvalue weighted by atomic mass is 9.77. The summed E-state index contributed by atoms with van der Waals surface area (Å²) in [6.45, 7) is 7.02. The zero-order valence-electron chi connectivity index (χ0n) is 14.0. The second kappa shape index (κ2) is 6.12. The van der Waals surface area contributed by atoms with Crippen LogP contribution < -0.4 is 0 Å². The van der Waals surface area contributed by atoms with Crippen LogP contribution >= 0.6 is 0 Å². The first-order valence-electron chi connectivity index (χ1n) is 7.45. The molecule has 0 bridgehead atoms. The average molecular weight is 336 g/mol. The Labute approximate surface area is 140 Å². The van der Waals surface area contributed by atoms with E-state index in [0.717, 1.165) is 12.1 Å². The number of phenols is 2. The molecule has 130 valence electrons. The van der Waals surface area contributed by atoms with Gasteiger partial charge in [0.1, 0.15) is 11.5 Å². The van der Waals surface area contributed by atoms with Crippen LogP contribution in [-0.4, -0.2) is 51.3 Å². The van der Waals surface area contributed by atoms with Crippen LogP contribution in [0.3, 0.4) is 0 Å². The zero-order valence-corrected chi connectivity index (χ0v) is 14.0. The number of aromatic carboxylic acids is 1. The molecule has 4 N–H and O–H groups in total. The number of carbonyl (C=O) groups is 1. The standard InChI is InChI=1S/C16H21BO7/c1-15(2)16(3,4)24-17(23-15)10(8-18)7-11-12(19)5-9(14(21)22)6-13(11)20/h5-7,18-20H,8H2,1-4H3,(H,21,22). The van der Waals surface area contributed by atoms with Gasteiger partial charge in [0.05, 0.1) is 28.9 Å². The van der Waals surface area contributed by atoms with Gasteiger partial charge in [-0.25, -0.2) is 4.79 Å². The van der Waals surface area contributed by atoms with Crippen molar-refractivity contribution < 1.29 is 34.5 Å². The maximum atomic E-state index is 10.9. The molecule has 0 radical (unpaired) electrons. The van der Waals surface area contributed by atoms with Crippen LogP contribution in [0.4, 0.5) is 0 Å². The molecule has 0 atom stereocenters. The van der Waals surface area contributed by atoms with Gasteiger partial charge in [0.2, 0.25) is 0 Å². The maximum Gasteiger partial charge on any atom is 0.492 e. The van der Waals surface area contributed by atoms with E-state index in [4.69, 9.17) is 14.4 Å². The van der Waals surface area contributed by atoms with Gasteiger partial charge in [-0.3, -0.25) is 0 Å². The van der Waals surface area contributed by atoms with Crippen molar-refractivity contribution in [3.63, 3.8) is 0 Å². The van der Waals surface area contributed by atoms with Gasteiger partial charge >= 0.3 is 13.1 Å². The second-order valence-electron chi connectivity index (χ2n) is 6.70. The fraction of sp³-hybridized carbons (Fsp3) is 0.438. The van der Waals surface area contributed by atoms with Crippen LogP contribution in [0.5, 0.6) is 11.5 Å². The molecular formula is C16H21BO7. The van der Waals surface area contributed by atoms with Gasteiger partial charge in [-0.1, -0.05) is 0 Å². The van der Waals surface area contributed by atoms with E-state index in [1.807, 2.05) is 27.7 Å². The van der Waals surface area contributed by atoms with Crippen LogP contribution in [0.1, 0.15) is 43.6 Å². The Hall–Kier alpha value is -2.03. The minimum atomic E-state index is -1.27. The Morgan fingerprint density at radius 3 is 1.96 bits per heavy atom. The van der Waals surface area contributed by atoms with E-state index >= 15 is 0 Å². The van der Waals surface area contributed by atoms with E-state index in [-0.39, 0.29) is 11.1 Å². The lowest BCUT2D eigenvalue weighted by molar-refractivity contribution is 0.00578. The summed E-state index contributed by atoms with van der Waals surface area (Å²) in [6.07, 6.45) is 1.33. The summed E-state index contributed by atoms with van der Waals surface area (Å²) in [5.41, 5.74) is -1.18. The largest absolute Gasteiger partial charge is 0.507 e. The molecule has 2 rings (SSSR count). The summed E-state index contributed by atoms with van der Waals surface area (Å²) >= 11 is 0. The molecular weight excluding hydrogens is 315 g/mol. The average Bonchev–Trinajstić information content (AvgIpc) is 2.66. The van der Waals surface area contributed by atoms with Gasteiger partial charge in [0, 0.05) is 0 Å². The minimum Gasteiger partial charge on any atom is -0.507 e. The van der Waals surface area contributed by atoms with Gasteiger partial charge < -0.3 is 29.7 Å². The Bertz CT molecular complexity index is 655. The molecule has 1 aliphatic heterocycles. The summed E-state index contributed by atoms with van der Waals surface area (Å²) in [7, 11) is -0.849. The number of hydrogen-bond acceptors (Lipinski definition) is 6. The van der Waals surface area contributed by atoms with E-state index < -0.39 is 42.4 Å². The number of aromatic hydroxyl groups is 2. The fourth-order valence-corrected chi connectivity index (χ4v) is 2.26. The van der Waals surface area contributed by atoms with Crippen LogP contribution in [0, 0.1) is 0 Å². The predicted octanol–water partition coefficient (Wildman–Crippen LogP) is 1.80. The highest BCUT2D eigenvalue weighted by Crippen LogP contribution is 2.39. The molecule has 1 aromatic rings. The molecule has 1 aromatic carbocycles. The third-order valence-corrected chi connectivity index (χ3v) is 4.45. The number of aliphatic hydroxyl groups excluding tert-OH is 1. The third kappa shape index (κ3) is 3.26. The van der Waals surface area contributed by atoms with Crippen LogP contribution in [0.25, 0.3) is 6.08 Å². The highest BCUT2D eigenvalue weighted by atomic mass is 16.7. The van der Waals surface area contributed by atoms with Crippen LogP contribution in [0.2, 0.25) is 0 Å². The maximum absolute atomic E-state index is 10.9. The number of aliphatic hydroxyl groups is 1. The van der Waals surface area contributed by atoms with Crippen molar-refractivity contribution in [2.24, 2.45) is 0 Å². The third-order valence-electron chi connectivity index (χ3n) is 4.45. The molecule has 1 fully saturated rings. The number of phenolic OH excluding ortho intramolecular Hbond substituents is 2. The van der Waals surface area contributed by atoms with E-state index in [2.05, 4.69) is 0 Å². The number of hydrogen-bond donors (Lipinski definition) is 4. The fourth-order valence-electron chi connectivity index (χ4n) is 2.26. The van der Waals surface area contributed by atoms with Crippen molar-refractivity contribution >= 4 is 19.2 Å². The molecule has 0 amide bonds. The Kier molecular flexibility index (Phi) is 4.67. The second-order valence-corrected chi connectivity index (χ2v) is 6.70. The summed E-state index contributed by atoms with van der Waals surface area (Å²) < 4.78 is 11.6. The highest BCUT2D eigenvalue weighted by molar-refractivity contribution is 6.55. The summed E-state index contributed by atoms with van der Waals surface area (Å²) in [4.78, 5) is 10.9. The van der Waals surface area contributed by atoms with E-state index in [1.165, 1.54) is 6.08 Å². The predicted molar refractivity (Wildman–Crippen MR) is 87.9 cm³/mol. The van der Waals surface area contributed by atoms with Crippen LogP contribution in [0.15, 0.2) is 17.6 Å². The van der Waals surface area contributed by atoms with Crippen molar-refractivity contribution in [3.05, 3.63) is 28.7 Å². The molecule has 7 nitrogen and oxygen atoms in total. The number of carboxylic acid groups (broad SMARTS) is 1. The smallest absolute Gasteiger partial charge is 0.492 e. The topological polar surface area (TPSA) is 116 Å². The van der Waals surface area contributed by atoms with E-state index in [9.17, 15) is 20.1 Å². The molecule has 0 spiro atoms. The van der Waals surface area contributed by atoms with Crippen LogP contribution in [-0.2, 0) is 9.31 Å². The first-order chi connectivity index (χ1) is 11.0. The molecule has 1 heterocycles. The number of rotatable bonds is 4. The number of carboxylic acids is 1. The molecule has 1 aliphatic rings. The molecule has 0 saturated carbocycles. The molecule has 1 saturated heterocycles. The van der Waals surface area contributed by atoms with Gasteiger partial charge in [0.25, 0.3) is 0 Å². The minimum absolute atomic E-state index is 0.0150. The lowest BCUT2D eigenvalue weighted by Crippen LogP contribution is -2.41. The monoisotopic (exact) mass is 336 g/mol. The molecule has 24 heavy (non-hydrogen) atoms. The molecule has 0 unspecified atom stereocenters. The van der Waals surface area contributed by atoms with Crippen molar-refractivity contribution in [2.75, 3.05) is 6.61 Å². The first kappa shape index (κ1) is 18.3. The van der Waals surface area contributed by atoms with Gasteiger partial charge in [0.15, 0.2) is 0 Å². The number of benzene rings is 1. The normalized spacial score (nSPS) is 19.5. The quantitative estimate of drug-likeness (QED) is 0.620. The Balaban J connectivity index is 2.41. The highest BCUT2D eigenvalue weighted by Gasteiger charge is 2.52.